The van der Waals surface area contributed by atoms with Gasteiger partial charge in [-0.1, -0.05) is 56.2 Å². The molecular weight excluding hydrogens is 244 g/mol. The van der Waals surface area contributed by atoms with Crippen LogP contribution in [0.3, 0.4) is 0 Å². The lowest BCUT2D eigenvalue weighted by Gasteiger charge is -2.19. The number of nitrogens with zero attached hydrogens (tertiary/aromatic N) is 1. The molecule has 0 bridgehead atoms. The molecule has 0 aliphatic rings. The fraction of sp³-hybridized carbons (Fsp3) is 0.389. The number of hydrogen-bond acceptors (Lipinski definition) is 2. The lowest BCUT2D eigenvalue weighted by atomic mass is 10.0. The predicted molar refractivity (Wildman–Crippen MR) is 84.5 cm³/mol. The normalized spacial score (nSPS) is 12.3. The molecule has 1 unspecified atom stereocenters. The molecule has 1 aromatic carbocycles. The molecule has 0 spiro atoms. The summed E-state index contributed by atoms with van der Waals surface area (Å²) in [4.78, 5) is 4.35. The Morgan fingerprint density at radius 2 is 1.90 bits per heavy atom. The van der Waals surface area contributed by atoms with Gasteiger partial charge in [-0.3, -0.25) is 4.98 Å². The Balaban J connectivity index is 1.99. The van der Waals surface area contributed by atoms with E-state index in [1.165, 1.54) is 30.4 Å². The number of rotatable bonds is 7. The average molecular weight is 268 g/mol. The number of aryl methyl sites for hydroxylation is 1. The fourth-order valence-corrected chi connectivity index (χ4v) is 2.32. The zero-order chi connectivity index (χ0) is 14.2. The molecule has 1 atom stereocenters. The predicted octanol–water partition coefficient (Wildman–Crippen LogP) is 4.41. The standard InChI is InChI=1S/C18H24N2/c1-3-4-10-18(17-8-6-5-7-9-17)20-14-16-12-11-15(2)19-13-16/h5-9,11-13,18,20H,3-4,10,14H2,1-2H3. The van der Waals surface area contributed by atoms with Crippen molar-refractivity contribution in [1.82, 2.24) is 10.3 Å². The minimum absolute atomic E-state index is 0.428. The molecular formula is C18H24N2. The van der Waals surface area contributed by atoms with Crippen LogP contribution in [0.2, 0.25) is 0 Å². The van der Waals surface area contributed by atoms with Crippen LogP contribution in [-0.2, 0) is 6.54 Å². The van der Waals surface area contributed by atoms with Crippen molar-refractivity contribution in [2.24, 2.45) is 0 Å². The Hall–Kier alpha value is -1.67. The first-order chi connectivity index (χ1) is 9.79. The summed E-state index contributed by atoms with van der Waals surface area (Å²) in [5, 5.41) is 3.67. The van der Waals surface area contributed by atoms with E-state index in [4.69, 9.17) is 0 Å². The van der Waals surface area contributed by atoms with Gasteiger partial charge in [0.15, 0.2) is 0 Å². The van der Waals surface area contributed by atoms with Crippen LogP contribution in [0.15, 0.2) is 48.7 Å². The molecule has 2 rings (SSSR count). The minimum Gasteiger partial charge on any atom is -0.306 e. The van der Waals surface area contributed by atoms with E-state index >= 15 is 0 Å². The first kappa shape index (κ1) is 14.7. The van der Waals surface area contributed by atoms with Crippen LogP contribution in [0.25, 0.3) is 0 Å². The SMILES string of the molecule is CCCCC(NCc1ccc(C)nc1)c1ccccc1. The van der Waals surface area contributed by atoms with Crippen molar-refractivity contribution in [2.75, 3.05) is 0 Å². The fourth-order valence-electron chi connectivity index (χ4n) is 2.32. The summed E-state index contributed by atoms with van der Waals surface area (Å²) >= 11 is 0. The monoisotopic (exact) mass is 268 g/mol. The Labute approximate surface area is 122 Å². The summed E-state index contributed by atoms with van der Waals surface area (Å²) in [5.41, 5.74) is 3.69. The van der Waals surface area contributed by atoms with Gasteiger partial charge in [-0.2, -0.15) is 0 Å². The number of benzene rings is 1. The Kier molecular flexibility index (Phi) is 5.75. The number of hydrogen-bond donors (Lipinski definition) is 1. The molecule has 1 N–H and O–H groups in total. The zero-order valence-corrected chi connectivity index (χ0v) is 12.5. The van der Waals surface area contributed by atoms with E-state index in [0.717, 1.165) is 12.2 Å². The Bertz CT molecular complexity index is 491. The molecule has 0 saturated heterocycles. The summed E-state index contributed by atoms with van der Waals surface area (Å²) in [5.74, 6) is 0. The van der Waals surface area contributed by atoms with Crippen molar-refractivity contribution < 1.29 is 0 Å². The molecule has 2 aromatic rings. The summed E-state index contributed by atoms with van der Waals surface area (Å²) in [6.07, 6.45) is 5.62. The van der Waals surface area contributed by atoms with Gasteiger partial charge in [-0.25, -0.2) is 0 Å². The molecule has 2 nitrogen and oxygen atoms in total. The molecule has 20 heavy (non-hydrogen) atoms. The smallest absolute Gasteiger partial charge is 0.0372 e. The van der Waals surface area contributed by atoms with Crippen molar-refractivity contribution in [3.8, 4) is 0 Å². The molecule has 0 aliphatic carbocycles. The minimum atomic E-state index is 0.428. The van der Waals surface area contributed by atoms with Gasteiger partial charge in [-0.05, 0) is 30.5 Å². The third kappa shape index (κ3) is 4.46. The zero-order valence-electron chi connectivity index (χ0n) is 12.5. The molecule has 1 aromatic heterocycles. The molecule has 0 aliphatic heterocycles. The van der Waals surface area contributed by atoms with Crippen molar-refractivity contribution in [3.63, 3.8) is 0 Å². The summed E-state index contributed by atoms with van der Waals surface area (Å²) in [7, 11) is 0. The van der Waals surface area contributed by atoms with Crippen LogP contribution in [0.4, 0.5) is 0 Å². The van der Waals surface area contributed by atoms with E-state index in [1.807, 2.05) is 13.1 Å². The van der Waals surface area contributed by atoms with E-state index < -0.39 is 0 Å². The second-order valence-corrected chi connectivity index (χ2v) is 5.29. The number of aromatic nitrogens is 1. The van der Waals surface area contributed by atoms with Crippen LogP contribution in [0.1, 0.15) is 49.0 Å². The average Bonchev–Trinajstić information content (AvgIpc) is 2.50. The summed E-state index contributed by atoms with van der Waals surface area (Å²) in [6, 6.07) is 15.4. The van der Waals surface area contributed by atoms with Gasteiger partial charge in [0.1, 0.15) is 0 Å². The van der Waals surface area contributed by atoms with E-state index in [9.17, 15) is 0 Å². The van der Waals surface area contributed by atoms with E-state index in [0.29, 0.717) is 6.04 Å². The maximum Gasteiger partial charge on any atom is 0.0372 e. The van der Waals surface area contributed by atoms with E-state index in [-0.39, 0.29) is 0 Å². The van der Waals surface area contributed by atoms with Gasteiger partial charge >= 0.3 is 0 Å². The molecule has 2 heteroatoms. The van der Waals surface area contributed by atoms with Gasteiger partial charge < -0.3 is 5.32 Å². The first-order valence-electron chi connectivity index (χ1n) is 7.49. The summed E-state index contributed by atoms with van der Waals surface area (Å²) < 4.78 is 0. The first-order valence-corrected chi connectivity index (χ1v) is 7.49. The van der Waals surface area contributed by atoms with Crippen molar-refractivity contribution in [1.29, 1.82) is 0 Å². The molecule has 0 fully saturated rings. The molecule has 0 radical (unpaired) electrons. The number of nitrogens with one attached hydrogen (secondary N) is 1. The van der Waals surface area contributed by atoms with Crippen LogP contribution >= 0.6 is 0 Å². The van der Waals surface area contributed by atoms with Crippen LogP contribution in [-0.4, -0.2) is 4.98 Å². The van der Waals surface area contributed by atoms with Crippen LogP contribution in [0, 0.1) is 6.92 Å². The van der Waals surface area contributed by atoms with Crippen molar-refractivity contribution >= 4 is 0 Å². The van der Waals surface area contributed by atoms with Gasteiger partial charge in [0.05, 0.1) is 0 Å². The van der Waals surface area contributed by atoms with E-state index in [2.05, 4.69) is 59.7 Å². The van der Waals surface area contributed by atoms with Crippen LogP contribution < -0.4 is 5.32 Å². The Morgan fingerprint density at radius 3 is 2.55 bits per heavy atom. The molecule has 1 heterocycles. The topological polar surface area (TPSA) is 24.9 Å². The molecule has 0 saturated carbocycles. The van der Waals surface area contributed by atoms with Crippen LogP contribution in [0.5, 0.6) is 0 Å². The lowest BCUT2D eigenvalue weighted by molar-refractivity contribution is 0.480. The second-order valence-electron chi connectivity index (χ2n) is 5.29. The maximum absolute atomic E-state index is 4.35. The van der Waals surface area contributed by atoms with Gasteiger partial charge in [0.25, 0.3) is 0 Å². The maximum atomic E-state index is 4.35. The Morgan fingerprint density at radius 1 is 1.10 bits per heavy atom. The van der Waals surface area contributed by atoms with Crippen molar-refractivity contribution in [3.05, 3.63) is 65.5 Å². The quantitative estimate of drug-likeness (QED) is 0.804. The molecule has 0 amide bonds. The highest BCUT2D eigenvalue weighted by Gasteiger charge is 2.09. The highest BCUT2D eigenvalue weighted by molar-refractivity contribution is 5.19. The lowest BCUT2D eigenvalue weighted by Crippen LogP contribution is -2.21. The second kappa shape index (κ2) is 7.81. The molecule has 106 valence electrons. The summed E-state index contributed by atoms with van der Waals surface area (Å²) in [6.45, 7) is 5.13. The highest BCUT2D eigenvalue weighted by Crippen LogP contribution is 2.19. The van der Waals surface area contributed by atoms with Gasteiger partial charge in [0.2, 0.25) is 0 Å². The van der Waals surface area contributed by atoms with Crippen molar-refractivity contribution in [2.45, 2.75) is 45.7 Å². The number of pyridine rings is 1. The third-order valence-corrected chi connectivity index (χ3v) is 3.57. The third-order valence-electron chi connectivity index (χ3n) is 3.57. The highest BCUT2D eigenvalue weighted by atomic mass is 14.9. The largest absolute Gasteiger partial charge is 0.306 e. The number of unbranched alkanes of at least 4 members (excludes halogenated alkanes) is 1. The van der Waals surface area contributed by atoms with Gasteiger partial charge in [-0.15, -0.1) is 0 Å². The van der Waals surface area contributed by atoms with E-state index in [1.54, 1.807) is 0 Å². The van der Waals surface area contributed by atoms with Gasteiger partial charge in [0, 0.05) is 24.5 Å².